The van der Waals surface area contributed by atoms with E-state index in [9.17, 15) is 18.5 Å². The zero-order valence-corrected chi connectivity index (χ0v) is 24.1. The molecule has 206 valence electrons. The van der Waals surface area contributed by atoms with Crippen molar-refractivity contribution < 1.29 is 13.2 Å². The largest absolute Gasteiger partial charge is 0.397 e. The normalized spacial score (nSPS) is 11.5. The highest BCUT2D eigenvalue weighted by atomic mass is 35.5. The third-order valence-electron chi connectivity index (χ3n) is 6.39. The van der Waals surface area contributed by atoms with E-state index in [1.165, 1.54) is 36.4 Å². The second kappa shape index (κ2) is 10.8. The number of benzene rings is 2. The van der Waals surface area contributed by atoms with Gasteiger partial charge in [-0.1, -0.05) is 49.7 Å². The number of carbonyl (C=O) groups excluding carboxylic acids is 1. The molecule has 0 aliphatic carbocycles. The lowest BCUT2D eigenvalue weighted by Gasteiger charge is -2.11. The lowest BCUT2D eigenvalue weighted by Crippen LogP contribution is -2.14. The highest BCUT2D eigenvalue weighted by Crippen LogP contribution is 2.43. The van der Waals surface area contributed by atoms with E-state index in [2.05, 4.69) is 39.8 Å². The number of nitrogen functional groups attached to an aromatic ring is 2. The Morgan fingerprint density at radius 3 is 2.29 bits per heavy atom. The molecule has 0 spiro atoms. The highest BCUT2D eigenvalue weighted by Gasteiger charge is 2.25. The molecule has 0 aliphatic heterocycles. The molecule has 3 heterocycles. The Morgan fingerprint density at radius 1 is 1.02 bits per heavy atom. The minimum absolute atomic E-state index is 0.00855. The molecule has 0 saturated heterocycles. The van der Waals surface area contributed by atoms with Gasteiger partial charge in [-0.25, -0.2) is 13.4 Å². The second-order valence-electron chi connectivity index (χ2n) is 9.36. The van der Waals surface area contributed by atoms with Crippen molar-refractivity contribution in [1.29, 1.82) is 5.26 Å². The molecular weight excluding hydrogens is 582 g/mol. The van der Waals surface area contributed by atoms with Crippen LogP contribution in [0.15, 0.2) is 65.6 Å². The standard InChI is InChI=1S/C28H22ClN7O3S2/c1-14(2)15-3-5-16(6-4-15)22-19(13-30)27(32)33-28-23(22)24(31)26(40-28)25(37)17-7-9-18(10-8-17)41(38,39)36-21-12-11-20(29)34-35-21/h3-12,14H,31H2,1-2H3,(H2,32,33)(H,35,36). The molecule has 10 nitrogen and oxygen atoms in total. The number of carbonyl (C=O) groups is 1. The number of thiophene rings is 1. The van der Waals surface area contributed by atoms with Crippen molar-refractivity contribution in [2.45, 2.75) is 24.7 Å². The molecular formula is C28H22ClN7O3S2. The summed E-state index contributed by atoms with van der Waals surface area (Å²) in [6.07, 6.45) is 0. The summed E-state index contributed by atoms with van der Waals surface area (Å²) in [5, 5.41) is 17.8. The molecule has 0 atom stereocenters. The number of nitrogens with one attached hydrogen (secondary N) is 1. The lowest BCUT2D eigenvalue weighted by molar-refractivity contribution is 0.104. The smallest absolute Gasteiger partial charge is 0.263 e. The maximum atomic E-state index is 13.5. The first-order chi connectivity index (χ1) is 19.5. The van der Waals surface area contributed by atoms with Crippen LogP contribution in [0.4, 0.5) is 17.3 Å². The predicted octanol–water partition coefficient (Wildman–Crippen LogP) is 5.60. The van der Waals surface area contributed by atoms with Crippen molar-refractivity contribution in [3.05, 3.63) is 87.4 Å². The van der Waals surface area contributed by atoms with Gasteiger partial charge in [-0.15, -0.1) is 21.5 Å². The summed E-state index contributed by atoms with van der Waals surface area (Å²) >= 11 is 6.76. The van der Waals surface area contributed by atoms with Gasteiger partial charge in [0.25, 0.3) is 10.0 Å². The van der Waals surface area contributed by atoms with E-state index in [0.29, 0.717) is 21.7 Å². The molecule has 2 aromatic carbocycles. The van der Waals surface area contributed by atoms with E-state index in [0.717, 1.165) is 22.5 Å². The summed E-state index contributed by atoms with van der Waals surface area (Å²) in [7, 11) is -4.00. The van der Waals surface area contributed by atoms with E-state index in [1.54, 1.807) is 0 Å². The molecule has 0 aliphatic rings. The summed E-state index contributed by atoms with van der Waals surface area (Å²) in [6.45, 7) is 4.17. The maximum absolute atomic E-state index is 13.5. The Kier molecular flexibility index (Phi) is 7.35. The molecule has 0 unspecified atom stereocenters. The van der Waals surface area contributed by atoms with Gasteiger partial charge < -0.3 is 11.5 Å². The van der Waals surface area contributed by atoms with Crippen molar-refractivity contribution in [3.63, 3.8) is 0 Å². The number of ketones is 1. The molecule has 5 aromatic rings. The van der Waals surface area contributed by atoms with Crippen molar-refractivity contribution in [2.75, 3.05) is 16.2 Å². The van der Waals surface area contributed by atoms with Crippen LogP contribution in [0.5, 0.6) is 0 Å². The minimum Gasteiger partial charge on any atom is -0.397 e. The number of aromatic nitrogens is 3. The Bertz CT molecular complexity index is 1950. The molecule has 5 N–H and O–H groups in total. The summed E-state index contributed by atoms with van der Waals surface area (Å²) in [5.74, 6) is -0.0775. The fraction of sp³-hybridized carbons (Fsp3) is 0.107. The zero-order valence-electron chi connectivity index (χ0n) is 21.7. The number of halogens is 1. The fourth-order valence-electron chi connectivity index (χ4n) is 4.26. The van der Waals surface area contributed by atoms with E-state index in [4.69, 9.17) is 23.1 Å². The van der Waals surface area contributed by atoms with Gasteiger partial charge in [0.15, 0.2) is 11.0 Å². The van der Waals surface area contributed by atoms with Crippen LogP contribution in [0, 0.1) is 11.3 Å². The minimum atomic E-state index is -4.00. The first kappa shape index (κ1) is 28.0. The van der Waals surface area contributed by atoms with E-state index >= 15 is 0 Å². The molecule has 0 fully saturated rings. The van der Waals surface area contributed by atoms with E-state index in [-0.39, 0.29) is 43.4 Å². The van der Waals surface area contributed by atoms with Gasteiger partial charge in [-0.05, 0) is 53.4 Å². The molecule has 0 amide bonds. The van der Waals surface area contributed by atoms with Gasteiger partial charge in [-0.3, -0.25) is 9.52 Å². The third-order valence-corrected chi connectivity index (χ3v) is 9.06. The van der Waals surface area contributed by atoms with Gasteiger partial charge in [-0.2, -0.15) is 5.26 Å². The number of sulfonamides is 1. The van der Waals surface area contributed by atoms with Crippen LogP contribution in [0.25, 0.3) is 21.3 Å². The van der Waals surface area contributed by atoms with Crippen molar-refractivity contribution in [3.8, 4) is 17.2 Å². The van der Waals surface area contributed by atoms with Crippen LogP contribution >= 0.6 is 22.9 Å². The van der Waals surface area contributed by atoms with Crippen LogP contribution in [0.2, 0.25) is 5.15 Å². The maximum Gasteiger partial charge on any atom is 0.263 e. The number of hydrogen-bond acceptors (Lipinski definition) is 10. The van der Waals surface area contributed by atoms with Gasteiger partial charge in [0.2, 0.25) is 5.78 Å². The van der Waals surface area contributed by atoms with Crippen molar-refractivity contribution >= 4 is 66.3 Å². The summed E-state index contributed by atoms with van der Waals surface area (Å²) in [4.78, 5) is 18.4. The average molecular weight is 604 g/mol. The molecule has 0 saturated carbocycles. The number of nitrogens with two attached hydrogens (primary N) is 2. The summed E-state index contributed by atoms with van der Waals surface area (Å²) in [6, 6.07) is 18.0. The molecule has 0 radical (unpaired) electrons. The summed E-state index contributed by atoms with van der Waals surface area (Å²) in [5.41, 5.74) is 15.6. The third kappa shape index (κ3) is 5.30. The zero-order chi connectivity index (χ0) is 29.5. The number of rotatable bonds is 7. The Balaban J connectivity index is 1.53. The first-order valence-corrected chi connectivity index (χ1v) is 14.9. The van der Waals surface area contributed by atoms with Crippen LogP contribution < -0.4 is 16.2 Å². The van der Waals surface area contributed by atoms with Gasteiger partial charge in [0.1, 0.15) is 27.2 Å². The Labute approximate surface area is 244 Å². The predicted molar refractivity (Wildman–Crippen MR) is 160 cm³/mol. The fourth-order valence-corrected chi connectivity index (χ4v) is 6.43. The SMILES string of the molecule is CC(C)c1ccc(-c2c(C#N)c(N)nc3sc(C(=O)c4ccc(S(=O)(=O)Nc5ccc(Cl)nn5)cc4)c(N)c23)cc1. The number of nitriles is 1. The van der Waals surface area contributed by atoms with Crippen LogP contribution in [-0.4, -0.2) is 29.4 Å². The number of nitrogens with zero attached hydrogens (tertiary/aromatic N) is 4. The molecule has 41 heavy (non-hydrogen) atoms. The molecule has 3 aromatic heterocycles. The van der Waals surface area contributed by atoms with Crippen molar-refractivity contribution in [1.82, 2.24) is 15.2 Å². The Hall–Kier alpha value is -4.57. The first-order valence-electron chi connectivity index (χ1n) is 12.2. The van der Waals surface area contributed by atoms with Gasteiger partial charge in [0.05, 0.1) is 10.6 Å². The van der Waals surface area contributed by atoms with Crippen LogP contribution in [-0.2, 0) is 10.0 Å². The highest BCUT2D eigenvalue weighted by molar-refractivity contribution is 7.92. The van der Waals surface area contributed by atoms with E-state index < -0.39 is 15.8 Å². The molecule has 5 rings (SSSR count). The number of anilines is 3. The lowest BCUT2D eigenvalue weighted by atomic mass is 9.94. The van der Waals surface area contributed by atoms with Crippen molar-refractivity contribution in [2.24, 2.45) is 0 Å². The molecule has 13 heteroatoms. The number of hydrogen-bond donors (Lipinski definition) is 3. The Morgan fingerprint density at radius 2 is 1.71 bits per heavy atom. The average Bonchev–Trinajstić information content (AvgIpc) is 3.28. The monoisotopic (exact) mass is 603 g/mol. The number of fused-ring (bicyclic) bond motifs is 1. The van der Waals surface area contributed by atoms with Crippen LogP contribution in [0.3, 0.4) is 0 Å². The quantitative estimate of drug-likeness (QED) is 0.200. The van der Waals surface area contributed by atoms with Crippen LogP contribution in [0.1, 0.15) is 46.1 Å². The number of pyridine rings is 1. The second-order valence-corrected chi connectivity index (χ2v) is 12.4. The topological polar surface area (TPSA) is 178 Å². The van der Waals surface area contributed by atoms with Gasteiger partial charge >= 0.3 is 0 Å². The van der Waals surface area contributed by atoms with Gasteiger partial charge in [0, 0.05) is 16.5 Å². The summed E-state index contributed by atoms with van der Waals surface area (Å²) < 4.78 is 27.8. The molecule has 0 bridgehead atoms. The van der Waals surface area contributed by atoms with E-state index in [1.807, 2.05) is 24.3 Å².